The summed E-state index contributed by atoms with van der Waals surface area (Å²) >= 11 is 5.20. The Balaban J connectivity index is 1.90. The lowest BCUT2D eigenvalue weighted by Gasteiger charge is -2.08. The predicted octanol–water partition coefficient (Wildman–Crippen LogP) is 4.18. The van der Waals surface area contributed by atoms with Crippen molar-refractivity contribution in [2.24, 2.45) is 0 Å². The first-order valence-corrected chi connectivity index (χ1v) is 7.23. The van der Waals surface area contributed by atoms with Gasteiger partial charge in [0.15, 0.2) is 0 Å². The molecule has 0 fully saturated rings. The summed E-state index contributed by atoms with van der Waals surface area (Å²) < 4.78 is 1.12. The molecule has 0 aliphatic rings. The van der Waals surface area contributed by atoms with E-state index in [0.29, 0.717) is 0 Å². The van der Waals surface area contributed by atoms with Crippen LogP contribution >= 0.6 is 27.3 Å². The highest BCUT2D eigenvalue weighted by molar-refractivity contribution is 9.10. The van der Waals surface area contributed by atoms with Crippen LogP contribution in [0.4, 0.5) is 5.69 Å². The molecule has 2 nitrogen and oxygen atoms in total. The first kappa shape index (κ1) is 12.6. The normalized spacial score (nSPS) is 10.5. The maximum atomic E-state index is 4.45. The van der Waals surface area contributed by atoms with Gasteiger partial charge < -0.3 is 5.32 Å². The Morgan fingerprint density at radius 3 is 2.82 bits per heavy atom. The van der Waals surface area contributed by atoms with Gasteiger partial charge in [0.1, 0.15) is 0 Å². The van der Waals surface area contributed by atoms with Crippen LogP contribution in [0.15, 0.2) is 28.1 Å². The Hall–Kier alpha value is -0.870. The predicted molar refractivity (Wildman–Crippen MR) is 77.9 cm³/mol. The van der Waals surface area contributed by atoms with Gasteiger partial charge in [0.2, 0.25) is 0 Å². The summed E-state index contributed by atoms with van der Waals surface area (Å²) in [5.74, 6) is 0. The standard InChI is InChI=1S/C13H15BrN2S/c1-9-7-11(14)3-4-12(9)15-6-5-13-16-10(2)8-17-13/h3-4,7-8,15H,5-6H2,1-2H3. The van der Waals surface area contributed by atoms with Gasteiger partial charge in [0.05, 0.1) is 5.01 Å². The number of halogens is 1. The molecule has 1 N–H and O–H groups in total. The number of aromatic nitrogens is 1. The number of thiazole rings is 1. The van der Waals surface area contributed by atoms with Gasteiger partial charge in [0.25, 0.3) is 0 Å². The van der Waals surface area contributed by atoms with Crippen LogP contribution in [0.2, 0.25) is 0 Å². The van der Waals surface area contributed by atoms with E-state index in [0.717, 1.165) is 23.1 Å². The van der Waals surface area contributed by atoms with E-state index in [1.54, 1.807) is 11.3 Å². The quantitative estimate of drug-likeness (QED) is 0.916. The summed E-state index contributed by atoms with van der Waals surface area (Å²) in [5, 5.41) is 6.74. The lowest BCUT2D eigenvalue weighted by atomic mass is 10.2. The number of nitrogens with zero attached hydrogens (tertiary/aromatic N) is 1. The Bertz CT molecular complexity index is 508. The van der Waals surface area contributed by atoms with Crippen molar-refractivity contribution in [2.45, 2.75) is 20.3 Å². The van der Waals surface area contributed by atoms with E-state index < -0.39 is 0 Å². The molecule has 0 saturated heterocycles. The number of nitrogens with one attached hydrogen (secondary N) is 1. The molecular weight excluding hydrogens is 296 g/mol. The van der Waals surface area contributed by atoms with Crippen LogP contribution < -0.4 is 5.32 Å². The van der Waals surface area contributed by atoms with E-state index in [9.17, 15) is 0 Å². The average Bonchev–Trinajstić information content (AvgIpc) is 2.68. The topological polar surface area (TPSA) is 24.9 Å². The minimum absolute atomic E-state index is 0.926. The molecule has 0 radical (unpaired) electrons. The van der Waals surface area contributed by atoms with Crippen LogP contribution in [0, 0.1) is 13.8 Å². The summed E-state index contributed by atoms with van der Waals surface area (Å²) in [6.45, 7) is 5.07. The first-order chi connectivity index (χ1) is 8.15. The number of anilines is 1. The molecular formula is C13H15BrN2S. The largest absolute Gasteiger partial charge is 0.384 e. The molecule has 0 saturated carbocycles. The van der Waals surface area contributed by atoms with Gasteiger partial charge in [-0.15, -0.1) is 11.3 Å². The monoisotopic (exact) mass is 310 g/mol. The fourth-order valence-corrected chi connectivity index (χ4v) is 2.90. The highest BCUT2D eigenvalue weighted by Crippen LogP contribution is 2.20. The summed E-state index contributed by atoms with van der Waals surface area (Å²) in [5.41, 5.74) is 3.57. The zero-order valence-electron chi connectivity index (χ0n) is 9.96. The van der Waals surface area contributed by atoms with Crippen LogP contribution in [0.5, 0.6) is 0 Å². The fourth-order valence-electron chi connectivity index (χ4n) is 1.65. The third-order valence-electron chi connectivity index (χ3n) is 2.51. The van der Waals surface area contributed by atoms with E-state index in [4.69, 9.17) is 0 Å². The SMILES string of the molecule is Cc1csc(CCNc2ccc(Br)cc2C)n1. The summed E-state index contributed by atoms with van der Waals surface area (Å²) in [6, 6.07) is 6.28. The van der Waals surface area contributed by atoms with Crippen molar-refractivity contribution in [2.75, 3.05) is 11.9 Å². The van der Waals surface area contributed by atoms with E-state index in [2.05, 4.69) is 56.7 Å². The smallest absolute Gasteiger partial charge is 0.0945 e. The number of aryl methyl sites for hydroxylation is 2. The highest BCUT2D eigenvalue weighted by Gasteiger charge is 2.00. The third-order valence-corrected chi connectivity index (χ3v) is 4.03. The molecule has 0 bridgehead atoms. The number of benzene rings is 1. The molecule has 0 aliphatic carbocycles. The molecule has 1 heterocycles. The second-order valence-electron chi connectivity index (χ2n) is 4.02. The van der Waals surface area contributed by atoms with E-state index in [1.807, 2.05) is 6.92 Å². The molecule has 0 aliphatic heterocycles. The van der Waals surface area contributed by atoms with Gasteiger partial charge in [-0.3, -0.25) is 0 Å². The third kappa shape index (κ3) is 3.54. The lowest BCUT2D eigenvalue weighted by Crippen LogP contribution is -2.05. The van der Waals surface area contributed by atoms with E-state index in [-0.39, 0.29) is 0 Å². The van der Waals surface area contributed by atoms with E-state index >= 15 is 0 Å². The van der Waals surface area contributed by atoms with Gasteiger partial charge in [0, 0.05) is 34.2 Å². The maximum Gasteiger partial charge on any atom is 0.0945 e. The Morgan fingerprint density at radius 2 is 2.18 bits per heavy atom. The van der Waals surface area contributed by atoms with Gasteiger partial charge in [-0.1, -0.05) is 15.9 Å². The zero-order chi connectivity index (χ0) is 12.3. The van der Waals surface area contributed by atoms with Crippen molar-refractivity contribution in [3.8, 4) is 0 Å². The van der Waals surface area contributed by atoms with Crippen LogP contribution in [0.3, 0.4) is 0 Å². The Labute approximate surface area is 114 Å². The average molecular weight is 311 g/mol. The molecule has 90 valence electrons. The van der Waals surface area contributed by atoms with Crippen molar-refractivity contribution in [1.29, 1.82) is 0 Å². The second kappa shape index (κ2) is 5.65. The minimum atomic E-state index is 0.926. The molecule has 0 spiro atoms. The molecule has 0 atom stereocenters. The molecule has 4 heteroatoms. The molecule has 17 heavy (non-hydrogen) atoms. The van der Waals surface area contributed by atoms with Crippen molar-refractivity contribution in [3.63, 3.8) is 0 Å². The van der Waals surface area contributed by atoms with Crippen molar-refractivity contribution < 1.29 is 0 Å². The molecule has 2 aromatic rings. The van der Waals surface area contributed by atoms with Crippen LogP contribution in [0.1, 0.15) is 16.3 Å². The Kier molecular flexibility index (Phi) is 4.18. The summed E-state index contributed by atoms with van der Waals surface area (Å²) in [7, 11) is 0. The van der Waals surface area contributed by atoms with Gasteiger partial charge in [-0.2, -0.15) is 0 Å². The zero-order valence-corrected chi connectivity index (χ0v) is 12.4. The van der Waals surface area contributed by atoms with E-state index in [1.165, 1.54) is 16.3 Å². The molecule has 2 rings (SSSR count). The highest BCUT2D eigenvalue weighted by atomic mass is 79.9. The fraction of sp³-hybridized carbons (Fsp3) is 0.308. The first-order valence-electron chi connectivity index (χ1n) is 5.56. The van der Waals surface area contributed by atoms with Crippen molar-refractivity contribution in [3.05, 3.63) is 44.3 Å². The van der Waals surface area contributed by atoms with Crippen LogP contribution in [0.25, 0.3) is 0 Å². The maximum absolute atomic E-state index is 4.45. The van der Waals surface area contributed by atoms with Crippen LogP contribution in [-0.2, 0) is 6.42 Å². The van der Waals surface area contributed by atoms with Gasteiger partial charge in [-0.25, -0.2) is 4.98 Å². The number of rotatable bonds is 4. The second-order valence-corrected chi connectivity index (χ2v) is 5.88. The summed E-state index contributed by atoms with van der Waals surface area (Å²) in [4.78, 5) is 4.45. The lowest BCUT2D eigenvalue weighted by molar-refractivity contribution is 0.985. The van der Waals surface area contributed by atoms with Gasteiger partial charge >= 0.3 is 0 Å². The number of hydrogen-bond acceptors (Lipinski definition) is 3. The number of hydrogen-bond donors (Lipinski definition) is 1. The Morgan fingerprint density at radius 1 is 1.35 bits per heavy atom. The van der Waals surface area contributed by atoms with Crippen LogP contribution in [-0.4, -0.2) is 11.5 Å². The molecule has 0 amide bonds. The van der Waals surface area contributed by atoms with Crippen molar-refractivity contribution in [1.82, 2.24) is 4.98 Å². The molecule has 1 aromatic carbocycles. The molecule has 0 unspecified atom stereocenters. The summed E-state index contributed by atoms with van der Waals surface area (Å²) in [6.07, 6.45) is 0.980. The van der Waals surface area contributed by atoms with Gasteiger partial charge in [-0.05, 0) is 37.6 Å². The molecule has 1 aromatic heterocycles. The van der Waals surface area contributed by atoms with Crippen molar-refractivity contribution >= 4 is 33.0 Å². The minimum Gasteiger partial charge on any atom is -0.384 e.